The van der Waals surface area contributed by atoms with Gasteiger partial charge in [-0.1, -0.05) is 29.8 Å². The number of pyridine rings is 1. The predicted molar refractivity (Wildman–Crippen MR) is 148 cm³/mol. The molecule has 39 heavy (non-hydrogen) atoms. The van der Waals surface area contributed by atoms with E-state index in [1.54, 1.807) is 52.3 Å². The van der Waals surface area contributed by atoms with Crippen LogP contribution < -0.4 is 0 Å². The summed E-state index contributed by atoms with van der Waals surface area (Å²) in [5.74, 6) is -0.230. The van der Waals surface area contributed by atoms with Crippen LogP contribution in [0.4, 0.5) is 4.79 Å². The van der Waals surface area contributed by atoms with Gasteiger partial charge in [-0.25, -0.2) is 18.2 Å². The number of nitrogens with zero attached hydrogens (tertiary/aromatic N) is 4. The van der Waals surface area contributed by atoms with Crippen LogP contribution in [0.2, 0.25) is 5.02 Å². The van der Waals surface area contributed by atoms with E-state index in [4.69, 9.17) is 16.3 Å². The fourth-order valence-corrected chi connectivity index (χ4v) is 6.45. The zero-order chi connectivity index (χ0) is 27.9. The van der Waals surface area contributed by atoms with Crippen LogP contribution in [0.25, 0.3) is 10.8 Å². The second-order valence-corrected chi connectivity index (χ2v) is 13.2. The van der Waals surface area contributed by atoms with Gasteiger partial charge in [0.05, 0.1) is 11.4 Å². The molecule has 1 aromatic heterocycles. The molecule has 3 aromatic rings. The van der Waals surface area contributed by atoms with Crippen molar-refractivity contribution in [2.75, 3.05) is 32.7 Å². The van der Waals surface area contributed by atoms with Gasteiger partial charge in [-0.15, -0.1) is 0 Å². The highest BCUT2D eigenvalue weighted by Crippen LogP contribution is 2.26. The number of piperazine rings is 1. The number of ether oxygens (including phenoxy) is 1. The number of aromatic nitrogens is 1. The molecule has 0 atom stereocenters. The Morgan fingerprint density at radius 3 is 2.31 bits per heavy atom. The summed E-state index contributed by atoms with van der Waals surface area (Å²) < 4.78 is 33.5. The lowest BCUT2D eigenvalue weighted by atomic mass is 10.0. The molecule has 0 N–H and O–H groups in total. The molecule has 1 fully saturated rings. The molecule has 0 aliphatic carbocycles. The van der Waals surface area contributed by atoms with Gasteiger partial charge < -0.3 is 14.5 Å². The number of amides is 2. The molecule has 3 heterocycles. The average Bonchev–Trinajstić information content (AvgIpc) is 2.90. The highest BCUT2D eigenvalue weighted by molar-refractivity contribution is 7.89. The van der Waals surface area contributed by atoms with Gasteiger partial charge in [-0.2, -0.15) is 4.31 Å². The Morgan fingerprint density at radius 1 is 0.897 bits per heavy atom. The molecule has 0 unspecified atom stereocenters. The monoisotopic (exact) mass is 570 g/mol. The number of rotatable bonds is 3. The summed E-state index contributed by atoms with van der Waals surface area (Å²) in [6.45, 7) is 7.27. The first-order valence-corrected chi connectivity index (χ1v) is 14.7. The Kier molecular flexibility index (Phi) is 7.30. The molecule has 206 valence electrons. The van der Waals surface area contributed by atoms with Gasteiger partial charge in [-0.05, 0) is 67.4 Å². The lowest BCUT2D eigenvalue weighted by molar-refractivity contribution is 0.0222. The largest absolute Gasteiger partial charge is 0.444 e. The third-order valence-corrected chi connectivity index (χ3v) is 8.99. The smallest absolute Gasteiger partial charge is 0.410 e. The lowest BCUT2D eigenvalue weighted by Crippen LogP contribution is -2.50. The van der Waals surface area contributed by atoms with Crippen LogP contribution in [-0.4, -0.2) is 77.8 Å². The van der Waals surface area contributed by atoms with Crippen LogP contribution in [0.1, 0.15) is 42.5 Å². The van der Waals surface area contributed by atoms with Crippen LogP contribution >= 0.6 is 11.6 Å². The van der Waals surface area contributed by atoms with Crippen molar-refractivity contribution in [1.29, 1.82) is 0 Å². The van der Waals surface area contributed by atoms with Gasteiger partial charge in [0, 0.05) is 49.9 Å². The second-order valence-electron chi connectivity index (χ2n) is 10.8. The van der Waals surface area contributed by atoms with Crippen molar-refractivity contribution in [1.82, 2.24) is 19.1 Å². The number of halogens is 1. The van der Waals surface area contributed by atoms with Crippen molar-refractivity contribution in [2.24, 2.45) is 0 Å². The Hall–Kier alpha value is -3.21. The fraction of sp³-hybridized carbons (Fsp3) is 0.393. The SMILES string of the molecule is CC(C)(C)OC(=O)N1CCc2nc(C(=O)N3CCN(S(=O)(=O)c4ccc5cc(Cl)ccc5c4)CC3)ccc2C1. The van der Waals surface area contributed by atoms with Gasteiger partial charge in [0.15, 0.2) is 0 Å². The number of benzene rings is 2. The molecule has 1 saturated heterocycles. The van der Waals surface area contributed by atoms with Gasteiger partial charge in [0.2, 0.25) is 10.0 Å². The zero-order valence-electron chi connectivity index (χ0n) is 22.2. The molecule has 2 aromatic carbocycles. The van der Waals surface area contributed by atoms with Crippen molar-refractivity contribution >= 4 is 44.4 Å². The van der Waals surface area contributed by atoms with Crippen molar-refractivity contribution < 1.29 is 22.7 Å². The van der Waals surface area contributed by atoms with E-state index in [0.29, 0.717) is 30.2 Å². The quantitative estimate of drug-likeness (QED) is 0.465. The number of carbonyl (C=O) groups is 2. The molecule has 0 spiro atoms. The maximum atomic E-state index is 13.3. The topological polar surface area (TPSA) is 100 Å². The maximum Gasteiger partial charge on any atom is 0.410 e. The number of hydrogen-bond acceptors (Lipinski definition) is 6. The van der Waals surface area contributed by atoms with Crippen molar-refractivity contribution in [3.63, 3.8) is 0 Å². The van der Waals surface area contributed by atoms with E-state index in [1.807, 2.05) is 26.8 Å². The first-order chi connectivity index (χ1) is 18.4. The van der Waals surface area contributed by atoms with E-state index in [2.05, 4.69) is 4.98 Å². The molecular weight excluding hydrogens is 540 g/mol. The summed E-state index contributed by atoms with van der Waals surface area (Å²) in [5, 5.41) is 2.25. The summed E-state index contributed by atoms with van der Waals surface area (Å²) in [6.07, 6.45) is 0.161. The average molecular weight is 571 g/mol. The number of hydrogen-bond donors (Lipinski definition) is 0. The molecule has 5 rings (SSSR count). The summed E-state index contributed by atoms with van der Waals surface area (Å²) in [7, 11) is -3.71. The van der Waals surface area contributed by atoms with E-state index in [1.165, 1.54) is 4.31 Å². The molecule has 2 aliphatic heterocycles. The van der Waals surface area contributed by atoms with E-state index >= 15 is 0 Å². The number of fused-ring (bicyclic) bond motifs is 2. The second kappa shape index (κ2) is 10.4. The lowest BCUT2D eigenvalue weighted by Gasteiger charge is -2.34. The van der Waals surface area contributed by atoms with Crippen LogP contribution in [0.3, 0.4) is 0 Å². The van der Waals surface area contributed by atoms with Gasteiger partial charge >= 0.3 is 6.09 Å². The predicted octanol–water partition coefficient (Wildman–Crippen LogP) is 4.33. The van der Waals surface area contributed by atoms with Gasteiger partial charge in [0.1, 0.15) is 11.3 Å². The van der Waals surface area contributed by atoms with Crippen molar-refractivity contribution in [3.8, 4) is 0 Å². The minimum Gasteiger partial charge on any atom is -0.444 e. The summed E-state index contributed by atoms with van der Waals surface area (Å²) >= 11 is 6.04. The van der Waals surface area contributed by atoms with Crippen LogP contribution in [0.5, 0.6) is 0 Å². The molecule has 2 amide bonds. The van der Waals surface area contributed by atoms with E-state index in [9.17, 15) is 18.0 Å². The fourth-order valence-electron chi connectivity index (χ4n) is 4.82. The summed E-state index contributed by atoms with van der Waals surface area (Å²) in [4.78, 5) is 33.7. The Bertz CT molecular complexity index is 1550. The first kappa shape index (κ1) is 27.4. The summed E-state index contributed by atoms with van der Waals surface area (Å²) in [5.41, 5.74) is 1.43. The van der Waals surface area contributed by atoms with Crippen LogP contribution in [0, 0.1) is 0 Å². The minimum absolute atomic E-state index is 0.197. The number of carbonyl (C=O) groups excluding carboxylic acids is 2. The normalized spacial score (nSPS) is 16.7. The maximum absolute atomic E-state index is 13.3. The third-order valence-electron chi connectivity index (χ3n) is 6.86. The highest BCUT2D eigenvalue weighted by atomic mass is 35.5. The highest BCUT2D eigenvalue weighted by Gasteiger charge is 2.32. The molecule has 2 aliphatic rings. The molecular formula is C28H31ClN4O5S. The standard InChI is InChI=1S/C28H31ClN4O5S/c1-28(2,3)38-27(35)32-11-10-24-21(18-32)6-9-25(30-24)26(34)31-12-14-33(15-13-31)39(36,37)23-8-5-19-16-22(29)7-4-20(19)17-23/h4-9,16-17H,10-15,18H2,1-3H3. The zero-order valence-corrected chi connectivity index (χ0v) is 23.8. The molecule has 9 nitrogen and oxygen atoms in total. The minimum atomic E-state index is -3.71. The molecule has 0 bridgehead atoms. The van der Waals surface area contributed by atoms with Gasteiger partial charge in [0.25, 0.3) is 5.91 Å². The number of sulfonamides is 1. The Balaban J connectivity index is 1.22. The van der Waals surface area contributed by atoms with E-state index < -0.39 is 15.6 Å². The van der Waals surface area contributed by atoms with E-state index in [0.717, 1.165) is 22.0 Å². The summed E-state index contributed by atoms with van der Waals surface area (Å²) in [6, 6.07) is 13.8. The van der Waals surface area contributed by atoms with E-state index in [-0.39, 0.29) is 43.1 Å². The van der Waals surface area contributed by atoms with Crippen LogP contribution in [0.15, 0.2) is 53.4 Å². The third kappa shape index (κ3) is 5.88. The van der Waals surface area contributed by atoms with Gasteiger partial charge in [-0.3, -0.25) is 4.79 Å². The van der Waals surface area contributed by atoms with Crippen molar-refractivity contribution in [3.05, 3.63) is 70.5 Å². The molecule has 0 radical (unpaired) electrons. The molecule has 0 saturated carbocycles. The van der Waals surface area contributed by atoms with Crippen molar-refractivity contribution in [2.45, 2.75) is 44.2 Å². The Labute approximate surface area is 233 Å². The molecule has 11 heteroatoms. The first-order valence-electron chi connectivity index (χ1n) is 12.9. The Morgan fingerprint density at radius 2 is 1.59 bits per heavy atom. The van der Waals surface area contributed by atoms with Crippen LogP contribution in [-0.2, 0) is 27.7 Å².